The number of aromatic amines is 1. The minimum Gasteiger partial charge on any atom is -0.390 e. The highest BCUT2D eigenvalue weighted by molar-refractivity contribution is 7.99. The number of thioether (sulfide) groups is 1. The number of aliphatic hydroxyl groups is 1. The number of aliphatic hydroxyl groups excluding tert-OH is 1. The Labute approximate surface area is 120 Å². The van der Waals surface area contributed by atoms with Gasteiger partial charge in [0.1, 0.15) is 0 Å². The van der Waals surface area contributed by atoms with Crippen molar-refractivity contribution in [2.75, 3.05) is 12.4 Å². The van der Waals surface area contributed by atoms with Crippen LogP contribution in [0.4, 0.5) is 0 Å². The first-order valence-electron chi connectivity index (χ1n) is 6.20. The summed E-state index contributed by atoms with van der Waals surface area (Å²) in [6.45, 7) is 0.726. The highest BCUT2D eigenvalue weighted by Gasteiger charge is 2.09. The molecule has 1 unspecified atom stereocenters. The van der Waals surface area contributed by atoms with E-state index in [2.05, 4.69) is 10.2 Å². The number of H-pyrrole nitrogens is 1. The van der Waals surface area contributed by atoms with Crippen molar-refractivity contribution in [1.82, 2.24) is 14.8 Å². The van der Waals surface area contributed by atoms with Crippen molar-refractivity contribution in [1.29, 1.82) is 0 Å². The number of aromatic nitrogens is 3. The van der Waals surface area contributed by atoms with Crippen molar-refractivity contribution in [2.45, 2.75) is 17.9 Å². The second-order valence-electron chi connectivity index (χ2n) is 4.34. The van der Waals surface area contributed by atoms with Crippen LogP contribution in [0.2, 0.25) is 0 Å². The summed E-state index contributed by atoms with van der Waals surface area (Å²) in [5.74, 6) is 0.424. The molecule has 20 heavy (non-hydrogen) atoms. The third-order valence-electron chi connectivity index (χ3n) is 2.67. The first kappa shape index (κ1) is 14.8. The van der Waals surface area contributed by atoms with E-state index in [4.69, 9.17) is 4.74 Å². The Bertz CT molecular complexity index is 582. The van der Waals surface area contributed by atoms with Gasteiger partial charge in [0.2, 0.25) is 0 Å². The zero-order valence-electron chi connectivity index (χ0n) is 11.2. The summed E-state index contributed by atoms with van der Waals surface area (Å²) in [5, 5.41) is 16.6. The SMILES string of the molecule is Cn1c(SCC(O)COCc2ccccc2)n[nH]c1=O. The van der Waals surface area contributed by atoms with Crippen LogP contribution in [0.1, 0.15) is 5.56 Å². The van der Waals surface area contributed by atoms with E-state index in [-0.39, 0.29) is 12.3 Å². The molecule has 0 saturated heterocycles. The van der Waals surface area contributed by atoms with Gasteiger partial charge in [0.25, 0.3) is 0 Å². The molecular weight excluding hydrogens is 278 g/mol. The maximum atomic E-state index is 11.2. The number of benzene rings is 1. The maximum absolute atomic E-state index is 11.2. The normalized spacial score (nSPS) is 12.5. The fraction of sp³-hybridized carbons (Fsp3) is 0.385. The van der Waals surface area contributed by atoms with Crippen molar-refractivity contribution < 1.29 is 9.84 Å². The smallest absolute Gasteiger partial charge is 0.343 e. The lowest BCUT2D eigenvalue weighted by Crippen LogP contribution is -2.19. The van der Waals surface area contributed by atoms with Crippen molar-refractivity contribution in [3.05, 3.63) is 46.4 Å². The van der Waals surface area contributed by atoms with E-state index in [0.29, 0.717) is 17.5 Å². The number of ether oxygens (including phenoxy) is 1. The Balaban J connectivity index is 1.69. The van der Waals surface area contributed by atoms with Crippen molar-refractivity contribution >= 4 is 11.8 Å². The van der Waals surface area contributed by atoms with Crippen LogP contribution < -0.4 is 5.69 Å². The Morgan fingerprint density at radius 3 is 2.85 bits per heavy atom. The minimum atomic E-state index is -0.601. The van der Waals surface area contributed by atoms with E-state index < -0.39 is 6.10 Å². The summed E-state index contributed by atoms with van der Waals surface area (Å²) in [7, 11) is 1.63. The van der Waals surface area contributed by atoms with Crippen LogP contribution in [-0.4, -0.2) is 38.3 Å². The molecule has 0 saturated carbocycles. The first-order chi connectivity index (χ1) is 9.66. The highest BCUT2D eigenvalue weighted by atomic mass is 32.2. The maximum Gasteiger partial charge on any atom is 0.343 e. The molecule has 1 aromatic carbocycles. The van der Waals surface area contributed by atoms with Crippen LogP contribution in [0.5, 0.6) is 0 Å². The molecule has 1 heterocycles. The quantitative estimate of drug-likeness (QED) is 0.738. The molecule has 0 fully saturated rings. The minimum absolute atomic E-state index is 0.250. The number of hydrogen-bond acceptors (Lipinski definition) is 5. The topological polar surface area (TPSA) is 80.1 Å². The Hall–Kier alpha value is -1.57. The highest BCUT2D eigenvalue weighted by Crippen LogP contribution is 2.13. The van der Waals surface area contributed by atoms with Gasteiger partial charge in [-0.2, -0.15) is 0 Å². The molecule has 0 bridgehead atoms. The van der Waals surface area contributed by atoms with Crippen molar-refractivity contribution in [3.63, 3.8) is 0 Å². The Morgan fingerprint density at radius 1 is 1.45 bits per heavy atom. The van der Waals surface area contributed by atoms with E-state index >= 15 is 0 Å². The lowest BCUT2D eigenvalue weighted by molar-refractivity contribution is 0.0397. The van der Waals surface area contributed by atoms with Gasteiger partial charge in [0.05, 0.1) is 19.3 Å². The molecule has 7 heteroatoms. The second kappa shape index (κ2) is 7.28. The first-order valence-corrected chi connectivity index (χ1v) is 7.19. The van der Waals surface area contributed by atoms with E-state index in [1.807, 2.05) is 30.3 Å². The summed E-state index contributed by atoms with van der Waals surface area (Å²) in [4.78, 5) is 11.2. The predicted octanol–water partition coefficient (Wildman–Crippen LogP) is 0.778. The fourth-order valence-corrected chi connectivity index (χ4v) is 2.39. The number of rotatable bonds is 7. The summed E-state index contributed by atoms with van der Waals surface area (Å²) in [6, 6.07) is 9.79. The molecule has 2 aromatic rings. The largest absolute Gasteiger partial charge is 0.390 e. The monoisotopic (exact) mass is 295 g/mol. The van der Waals surface area contributed by atoms with Crippen LogP contribution in [0.15, 0.2) is 40.3 Å². The molecule has 0 spiro atoms. The summed E-state index contributed by atoms with van der Waals surface area (Å²) in [6.07, 6.45) is -0.601. The van der Waals surface area contributed by atoms with Gasteiger partial charge in [-0.3, -0.25) is 4.57 Å². The summed E-state index contributed by atoms with van der Waals surface area (Å²) < 4.78 is 6.85. The molecule has 1 aromatic heterocycles. The lowest BCUT2D eigenvalue weighted by atomic mass is 10.2. The molecule has 0 amide bonds. The van der Waals surface area contributed by atoms with Gasteiger partial charge in [-0.1, -0.05) is 42.1 Å². The van der Waals surface area contributed by atoms with Gasteiger partial charge in [0.15, 0.2) is 5.16 Å². The summed E-state index contributed by atoms with van der Waals surface area (Å²) in [5.41, 5.74) is 0.810. The van der Waals surface area contributed by atoms with Gasteiger partial charge in [-0.15, -0.1) is 5.10 Å². The van der Waals surface area contributed by atoms with Crippen molar-refractivity contribution in [3.8, 4) is 0 Å². The van der Waals surface area contributed by atoms with Crippen LogP contribution >= 0.6 is 11.8 Å². The third kappa shape index (κ3) is 4.22. The van der Waals surface area contributed by atoms with Crippen molar-refractivity contribution in [2.24, 2.45) is 7.05 Å². The molecule has 2 rings (SSSR count). The number of hydrogen-bond donors (Lipinski definition) is 2. The fourth-order valence-electron chi connectivity index (χ4n) is 1.57. The third-order valence-corrected chi connectivity index (χ3v) is 3.84. The molecule has 0 aliphatic carbocycles. The molecule has 1 atom stereocenters. The van der Waals surface area contributed by atoms with Crippen LogP contribution in [0, 0.1) is 0 Å². The molecular formula is C13H17N3O3S. The molecule has 2 N–H and O–H groups in total. The Kier molecular flexibility index (Phi) is 5.40. The van der Waals surface area contributed by atoms with E-state index in [9.17, 15) is 9.90 Å². The van der Waals surface area contributed by atoms with Gasteiger partial charge in [0, 0.05) is 12.8 Å². The van der Waals surface area contributed by atoms with Crippen LogP contribution in [0.25, 0.3) is 0 Å². The van der Waals surface area contributed by atoms with Gasteiger partial charge < -0.3 is 9.84 Å². The summed E-state index contributed by atoms with van der Waals surface area (Å²) >= 11 is 1.31. The standard InChI is InChI=1S/C13H17N3O3S/c1-16-12(18)14-15-13(16)20-9-11(17)8-19-7-10-5-3-2-4-6-10/h2-6,11,17H,7-9H2,1H3,(H,14,18). The van der Waals surface area contributed by atoms with Gasteiger partial charge in [-0.25, -0.2) is 9.89 Å². The molecule has 6 nitrogen and oxygen atoms in total. The second-order valence-corrected chi connectivity index (χ2v) is 5.32. The number of nitrogens with zero attached hydrogens (tertiary/aromatic N) is 2. The van der Waals surface area contributed by atoms with Crippen LogP contribution in [0.3, 0.4) is 0 Å². The van der Waals surface area contributed by atoms with E-state index in [0.717, 1.165) is 5.56 Å². The molecule has 0 aliphatic heterocycles. The van der Waals surface area contributed by atoms with Gasteiger partial charge in [-0.05, 0) is 5.56 Å². The van der Waals surface area contributed by atoms with Crippen LogP contribution in [-0.2, 0) is 18.4 Å². The molecule has 0 radical (unpaired) electrons. The average Bonchev–Trinajstić information content (AvgIpc) is 2.78. The average molecular weight is 295 g/mol. The van der Waals surface area contributed by atoms with Gasteiger partial charge >= 0.3 is 5.69 Å². The molecule has 0 aliphatic rings. The molecule has 108 valence electrons. The van der Waals surface area contributed by atoms with E-state index in [1.165, 1.54) is 16.3 Å². The Morgan fingerprint density at radius 2 is 2.20 bits per heavy atom. The number of nitrogens with one attached hydrogen (secondary N) is 1. The predicted molar refractivity (Wildman–Crippen MR) is 76.7 cm³/mol. The zero-order valence-corrected chi connectivity index (χ0v) is 12.0. The van der Waals surface area contributed by atoms with E-state index in [1.54, 1.807) is 7.05 Å². The lowest BCUT2D eigenvalue weighted by Gasteiger charge is -2.10. The zero-order chi connectivity index (χ0) is 14.4.